The third-order valence-electron chi connectivity index (χ3n) is 13.2. The SMILES string of the molecule is CC1(C)c2ccccc2-c2c(-c3nc(-c4ccccc4)nc(-c4cc5ccccc5cc4-n4c5cccc6c5c5c7c(cccc7ccc54)-c4ccccc4-6)n3)cccc21. The first kappa shape index (κ1) is 33.3. The van der Waals surface area contributed by atoms with Crippen molar-refractivity contribution >= 4 is 43.4 Å². The summed E-state index contributed by atoms with van der Waals surface area (Å²) in [4.78, 5) is 16.2. The first-order valence-electron chi connectivity index (χ1n) is 20.7. The van der Waals surface area contributed by atoms with Gasteiger partial charge in [-0.05, 0) is 90.3 Å². The molecular weight excluding hydrogens is 729 g/mol. The standard InChI is InChI=1S/C56H36N4/c1-56(2)44-26-11-10-22-41(44)50-42(25-13-27-45(50)56)54-57-53(34-15-4-3-5-16-34)58-55(59-54)43-31-35-17-6-7-18-36(35)32-48(43)60-46-28-14-24-40-38-21-9-8-20-37(38)39-23-12-19-33-29-30-47(60)52(49(33)39)51(40)46/h3-32H,1-2H3. The molecule has 2 aliphatic rings. The van der Waals surface area contributed by atoms with Crippen molar-refractivity contribution in [3.05, 3.63) is 193 Å². The van der Waals surface area contributed by atoms with Crippen LogP contribution < -0.4 is 0 Å². The summed E-state index contributed by atoms with van der Waals surface area (Å²) >= 11 is 0. The summed E-state index contributed by atoms with van der Waals surface area (Å²) in [6.45, 7) is 4.63. The molecule has 2 aromatic heterocycles. The average Bonchev–Trinajstić information content (AvgIpc) is 3.72. The van der Waals surface area contributed by atoms with Crippen molar-refractivity contribution in [2.24, 2.45) is 0 Å². The lowest BCUT2D eigenvalue weighted by atomic mass is 9.82. The summed E-state index contributed by atoms with van der Waals surface area (Å²) in [5.41, 5.74) is 16.1. The molecule has 0 aliphatic heterocycles. The molecule has 0 unspecified atom stereocenters. The van der Waals surface area contributed by atoms with Crippen molar-refractivity contribution in [2.75, 3.05) is 0 Å². The molecule has 0 spiro atoms. The van der Waals surface area contributed by atoms with Crippen LogP contribution in [0.15, 0.2) is 182 Å². The minimum Gasteiger partial charge on any atom is -0.308 e. The van der Waals surface area contributed by atoms with Crippen LogP contribution in [0, 0.1) is 0 Å². The molecule has 60 heavy (non-hydrogen) atoms. The highest BCUT2D eigenvalue weighted by molar-refractivity contribution is 6.30. The van der Waals surface area contributed by atoms with Gasteiger partial charge in [-0.2, -0.15) is 0 Å². The summed E-state index contributed by atoms with van der Waals surface area (Å²) < 4.78 is 2.46. The van der Waals surface area contributed by atoms with E-state index in [2.05, 4.69) is 194 Å². The van der Waals surface area contributed by atoms with Gasteiger partial charge in [0.25, 0.3) is 0 Å². The molecule has 2 aliphatic carbocycles. The van der Waals surface area contributed by atoms with Crippen LogP contribution in [0.5, 0.6) is 0 Å². The van der Waals surface area contributed by atoms with E-state index in [1.165, 1.54) is 66.1 Å². The Kier molecular flexibility index (Phi) is 6.75. The van der Waals surface area contributed by atoms with Gasteiger partial charge in [-0.1, -0.05) is 172 Å². The van der Waals surface area contributed by atoms with Gasteiger partial charge in [0, 0.05) is 32.9 Å². The smallest absolute Gasteiger partial charge is 0.166 e. The Hall–Kier alpha value is -7.69. The number of hydrogen-bond donors (Lipinski definition) is 0. The van der Waals surface area contributed by atoms with Crippen molar-refractivity contribution in [1.29, 1.82) is 0 Å². The van der Waals surface area contributed by atoms with E-state index in [1.54, 1.807) is 0 Å². The third kappa shape index (κ3) is 4.53. The van der Waals surface area contributed by atoms with Crippen LogP contribution in [-0.2, 0) is 5.41 Å². The topological polar surface area (TPSA) is 43.6 Å². The van der Waals surface area contributed by atoms with Crippen LogP contribution in [0.1, 0.15) is 25.0 Å². The number of aromatic nitrogens is 4. The molecule has 0 radical (unpaired) electrons. The number of rotatable bonds is 4. The van der Waals surface area contributed by atoms with E-state index < -0.39 is 0 Å². The van der Waals surface area contributed by atoms with E-state index in [0.717, 1.165) is 44.2 Å². The number of benzene rings is 9. The zero-order valence-electron chi connectivity index (χ0n) is 33.1. The highest BCUT2D eigenvalue weighted by Gasteiger charge is 2.37. The zero-order valence-corrected chi connectivity index (χ0v) is 33.1. The molecule has 4 nitrogen and oxygen atoms in total. The molecule has 0 saturated heterocycles. The second kappa shape index (κ2) is 12.2. The van der Waals surface area contributed by atoms with Crippen molar-refractivity contribution in [3.63, 3.8) is 0 Å². The van der Waals surface area contributed by atoms with Crippen molar-refractivity contribution in [3.8, 4) is 73.2 Å². The molecule has 0 bridgehead atoms. The number of nitrogens with zero attached hydrogens (tertiary/aromatic N) is 4. The lowest BCUT2D eigenvalue weighted by Gasteiger charge is -2.21. The Morgan fingerprint density at radius 2 is 0.917 bits per heavy atom. The molecule has 0 atom stereocenters. The molecule has 4 heteroatoms. The highest BCUT2D eigenvalue weighted by Crippen LogP contribution is 2.53. The third-order valence-corrected chi connectivity index (χ3v) is 13.2. The van der Waals surface area contributed by atoms with E-state index in [1.807, 2.05) is 6.07 Å². The van der Waals surface area contributed by atoms with Gasteiger partial charge in [-0.3, -0.25) is 0 Å². The van der Waals surface area contributed by atoms with E-state index in [-0.39, 0.29) is 5.41 Å². The van der Waals surface area contributed by atoms with Gasteiger partial charge in [-0.15, -0.1) is 0 Å². The maximum absolute atomic E-state index is 5.52. The first-order valence-corrected chi connectivity index (χ1v) is 20.7. The zero-order chi connectivity index (χ0) is 39.7. The van der Waals surface area contributed by atoms with E-state index in [0.29, 0.717) is 17.5 Å². The minimum absolute atomic E-state index is 0.159. The van der Waals surface area contributed by atoms with Crippen LogP contribution in [0.25, 0.3) is 117 Å². The minimum atomic E-state index is -0.159. The molecule has 0 fully saturated rings. The maximum Gasteiger partial charge on any atom is 0.166 e. The van der Waals surface area contributed by atoms with Crippen LogP contribution in [-0.4, -0.2) is 19.5 Å². The second-order valence-corrected chi connectivity index (χ2v) is 16.7. The number of fused-ring (bicyclic) bond motifs is 7. The Balaban J connectivity index is 1.15. The Bertz CT molecular complexity index is 3630. The molecule has 13 rings (SSSR count). The largest absolute Gasteiger partial charge is 0.308 e. The predicted molar refractivity (Wildman–Crippen MR) is 247 cm³/mol. The normalized spacial score (nSPS) is 13.3. The fourth-order valence-corrected chi connectivity index (χ4v) is 10.5. The molecule has 0 saturated carbocycles. The Morgan fingerprint density at radius 1 is 0.367 bits per heavy atom. The molecule has 9 aromatic carbocycles. The van der Waals surface area contributed by atoms with Gasteiger partial charge in [0.05, 0.1) is 16.7 Å². The van der Waals surface area contributed by atoms with Crippen LogP contribution in [0.4, 0.5) is 0 Å². The molecular formula is C56H36N4. The summed E-state index contributed by atoms with van der Waals surface area (Å²) in [5.74, 6) is 1.94. The monoisotopic (exact) mass is 764 g/mol. The summed E-state index contributed by atoms with van der Waals surface area (Å²) in [6.07, 6.45) is 0. The lowest BCUT2D eigenvalue weighted by Crippen LogP contribution is -2.14. The summed E-state index contributed by atoms with van der Waals surface area (Å²) in [6, 6.07) is 65.9. The highest BCUT2D eigenvalue weighted by atomic mass is 15.1. The van der Waals surface area contributed by atoms with Gasteiger partial charge < -0.3 is 4.57 Å². The van der Waals surface area contributed by atoms with Crippen molar-refractivity contribution in [2.45, 2.75) is 19.3 Å². The fourth-order valence-electron chi connectivity index (χ4n) is 10.5. The van der Waals surface area contributed by atoms with Crippen LogP contribution in [0.3, 0.4) is 0 Å². The quantitative estimate of drug-likeness (QED) is 0.179. The van der Waals surface area contributed by atoms with Crippen molar-refractivity contribution < 1.29 is 0 Å². The molecule has 2 heterocycles. The summed E-state index contributed by atoms with van der Waals surface area (Å²) in [5, 5.41) is 7.33. The van der Waals surface area contributed by atoms with Crippen molar-refractivity contribution in [1.82, 2.24) is 19.5 Å². The van der Waals surface area contributed by atoms with E-state index >= 15 is 0 Å². The molecule has 0 amide bonds. The first-order chi connectivity index (χ1) is 29.5. The van der Waals surface area contributed by atoms with Crippen LogP contribution in [0.2, 0.25) is 0 Å². The van der Waals surface area contributed by atoms with Gasteiger partial charge in [0.2, 0.25) is 0 Å². The Morgan fingerprint density at radius 3 is 1.72 bits per heavy atom. The number of hydrogen-bond acceptors (Lipinski definition) is 3. The van der Waals surface area contributed by atoms with Gasteiger partial charge in [-0.25, -0.2) is 15.0 Å². The van der Waals surface area contributed by atoms with E-state index in [9.17, 15) is 0 Å². The fraction of sp³-hybridized carbons (Fsp3) is 0.0536. The molecule has 11 aromatic rings. The van der Waals surface area contributed by atoms with Gasteiger partial charge in [0.1, 0.15) is 0 Å². The predicted octanol–water partition coefficient (Wildman–Crippen LogP) is 14.2. The average molecular weight is 765 g/mol. The second-order valence-electron chi connectivity index (χ2n) is 16.7. The summed E-state index contributed by atoms with van der Waals surface area (Å²) in [7, 11) is 0. The molecule has 280 valence electrons. The lowest BCUT2D eigenvalue weighted by molar-refractivity contribution is 0.660. The maximum atomic E-state index is 5.52. The van der Waals surface area contributed by atoms with Gasteiger partial charge >= 0.3 is 0 Å². The Labute approximate surface area is 347 Å². The molecule has 0 N–H and O–H groups in total. The van der Waals surface area contributed by atoms with Gasteiger partial charge in [0.15, 0.2) is 17.5 Å². The van der Waals surface area contributed by atoms with Crippen LogP contribution >= 0.6 is 0 Å². The van der Waals surface area contributed by atoms with E-state index in [4.69, 9.17) is 15.0 Å².